The zero-order valence-corrected chi connectivity index (χ0v) is 23.1. The number of nitrogens with zero attached hydrogens (tertiary/aromatic N) is 3. The van der Waals surface area contributed by atoms with Crippen molar-refractivity contribution in [1.29, 1.82) is 0 Å². The number of nitrogens with two attached hydrogens (primary N) is 1. The molecule has 0 saturated carbocycles. The van der Waals surface area contributed by atoms with Crippen molar-refractivity contribution in [1.82, 2.24) is 14.7 Å². The number of amides is 2. The second-order valence-corrected chi connectivity index (χ2v) is 9.95. The minimum Gasteiger partial charge on any atom is -0.492 e. The number of benzene rings is 3. The van der Waals surface area contributed by atoms with E-state index < -0.39 is 0 Å². The first-order chi connectivity index (χ1) is 19.6. The van der Waals surface area contributed by atoms with Crippen LogP contribution >= 0.6 is 0 Å². The standard InChI is InChI=1S/C31H38N6O3/c1-2-3-8-24-21-30(37(35-24)25-9-6-7-23(20-25)22-32)34-31(38)33-28-12-13-29(27-11-5-4-10-26(27)28)40-19-16-36-14-17-39-18-15-36/h4-7,9-13,20-21H,2-3,8,14-19,22,32H2,1H3,(H2,33,34,38). The number of unbranched alkanes of at least 4 members (excludes halogenated alkanes) is 1. The molecule has 0 unspecified atom stereocenters. The topological polar surface area (TPSA) is 107 Å². The van der Waals surface area contributed by atoms with Gasteiger partial charge in [-0.15, -0.1) is 0 Å². The van der Waals surface area contributed by atoms with E-state index in [1.807, 2.05) is 66.7 Å². The van der Waals surface area contributed by atoms with E-state index in [0.717, 1.165) is 85.6 Å². The molecule has 1 aromatic heterocycles. The number of nitrogens with one attached hydrogen (secondary N) is 2. The molecule has 40 heavy (non-hydrogen) atoms. The Morgan fingerprint density at radius 2 is 1.85 bits per heavy atom. The van der Waals surface area contributed by atoms with Crippen molar-refractivity contribution in [2.45, 2.75) is 32.7 Å². The quantitative estimate of drug-likeness (QED) is 0.241. The van der Waals surface area contributed by atoms with Gasteiger partial charge < -0.3 is 20.5 Å². The minimum atomic E-state index is -0.343. The maximum Gasteiger partial charge on any atom is 0.324 e. The first-order valence-corrected chi connectivity index (χ1v) is 14.1. The molecule has 1 saturated heterocycles. The molecular formula is C31H38N6O3. The van der Waals surface area contributed by atoms with E-state index in [1.165, 1.54) is 0 Å². The van der Waals surface area contributed by atoms with Crippen molar-refractivity contribution in [3.05, 3.63) is 78.0 Å². The molecule has 1 aliphatic heterocycles. The summed E-state index contributed by atoms with van der Waals surface area (Å²) in [7, 11) is 0. The number of carbonyl (C=O) groups excluding carboxylic acids is 1. The molecule has 5 rings (SSSR count). The second kappa shape index (κ2) is 13.4. The second-order valence-electron chi connectivity index (χ2n) is 9.95. The van der Waals surface area contributed by atoms with Gasteiger partial charge in [0.1, 0.15) is 18.2 Å². The van der Waals surface area contributed by atoms with Gasteiger partial charge >= 0.3 is 6.03 Å². The van der Waals surface area contributed by atoms with E-state index in [1.54, 1.807) is 4.68 Å². The maximum atomic E-state index is 13.3. The molecular weight excluding hydrogens is 504 g/mol. The Morgan fingerprint density at radius 1 is 1.02 bits per heavy atom. The summed E-state index contributed by atoms with van der Waals surface area (Å²) in [5, 5.41) is 12.7. The molecule has 2 amide bonds. The number of fused-ring (bicyclic) bond motifs is 1. The van der Waals surface area contributed by atoms with Crippen LogP contribution in [-0.4, -0.2) is 60.2 Å². The summed E-state index contributed by atoms with van der Waals surface area (Å²) in [6.45, 7) is 7.42. The summed E-state index contributed by atoms with van der Waals surface area (Å²) in [6.07, 6.45) is 2.94. The normalized spacial score (nSPS) is 13.8. The third kappa shape index (κ3) is 6.80. The van der Waals surface area contributed by atoms with Gasteiger partial charge in [0, 0.05) is 43.0 Å². The van der Waals surface area contributed by atoms with Crippen LogP contribution in [0.1, 0.15) is 31.0 Å². The van der Waals surface area contributed by atoms with E-state index in [4.69, 9.17) is 20.3 Å². The lowest BCUT2D eigenvalue weighted by Crippen LogP contribution is -2.38. The molecule has 9 heteroatoms. The predicted octanol–water partition coefficient (Wildman–Crippen LogP) is 5.18. The lowest BCUT2D eigenvalue weighted by atomic mass is 10.1. The van der Waals surface area contributed by atoms with Gasteiger partial charge in [0.05, 0.1) is 30.3 Å². The van der Waals surface area contributed by atoms with E-state index in [9.17, 15) is 4.79 Å². The van der Waals surface area contributed by atoms with E-state index in [2.05, 4.69) is 22.5 Å². The average Bonchev–Trinajstić information content (AvgIpc) is 3.39. The van der Waals surface area contributed by atoms with E-state index in [0.29, 0.717) is 24.7 Å². The first kappa shape index (κ1) is 27.6. The monoisotopic (exact) mass is 542 g/mol. The van der Waals surface area contributed by atoms with Crippen LogP contribution in [0.2, 0.25) is 0 Å². The van der Waals surface area contributed by atoms with Crippen LogP contribution in [0.4, 0.5) is 16.3 Å². The summed E-state index contributed by atoms with van der Waals surface area (Å²) in [5.41, 5.74) is 9.35. The molecule has 0 bridgehead atoms. The molecule has 4 aromatic rings. The molecule has 0 radical (unpaired) electrons. The molecule has 2 heterocycles. The lowest BCUT2D eigenvalue weighted by molar-refractivity contribution is 0.0323. The number of urea groups is 1. The van der Waals surface area contributed by atoms with Crippen LogP contribution in [0, 0.1) is 0 Å². The van der Waals surface area contributed by atoms with Crippen molar-refractivity contribution in [3.8, 4) is 11.4 Å². The Balaban J connectivity index is 1.32. The fourth-order valence-electron chi connectivity index (χ4n) is 4.90. The van der Waals surface area contributed by atoms with Crippen molar-refractivity contribution in [2.24, 2.45) is 5.73 Å². The molecule has 3 aromatic carbocycles. The maximum absolute atomic E-state index is 13.3. The largest absolute Gasteiger partial charge is 0.492 e. The Bertz CT molecular complexity index is 1430. The molecule has 210 valence electrons. The number of aryl methyl sites for hydroxylation is 1. The van der Waals surface area contributed by atoms with Crippen LogP contribution in [0.3, 0.4) is 0 Å². The van der Waals surface area contributed by atoms with Gasteiger partial charge in [-0.3, -0.25) is 10.2 Å². The zero-order valence-electron chi connectivity index (χ0n) is 23.1. The van der Waals surface area contributed by atoms with Crippen LogP contribution in [0.15, 0.2) is 66.7 Å². The highest BCUT2D eigenvalue weighted by atomic mass is 16.5. The van der Waals surface area contributed by atoms with Crippen molar-refractivity contribution < 1.29 is 14.3 Å². The third-order valence-electron chi connectivity index (χ3n) is 7.08. The molecule has 1 aliphatic rings. The number of rotatable bonds is 11. The molecule has 1 fully saturated rings. The Morgan fingerprint density at radius 3 is 2.65 bits per heavy atom. The first-order valence-electron chi connectivity index (χ1n) is 14.1. The van der Waals surface area contributed by atoms with Crippen molar-refractivity contribution in [3.63, 3.8) is 0 Å². The Hall–Kier alpha value is -3.92. The van der Waals surface area contributed by atoms with Crippen LogP contribution in [0.5, 0.6) is 5.75 Å². The van der Waals surface area contributed by atoms with Gasteiger partial charge in [-0.05, 0) is 42.7 Å². The van der Waals surface area contributed by atoms with Crippen molar-refractivity contribution in [2.75, 3.05) is 50.1 Å². The summed E-state index contributed by atoms with van der Waals surface area (Å²) < 4.78 is 13.4. The Kier molecular flexibility index (Phi) is 9.28. The Labute approximate surface area is 235 Å². The summed E-state index contributed by atoms with van der Waals surface area (Å²) >= 11 is 0. The van der Waals surface area contributed by atoms with Crippen LogP contribution in [0.25, 0.3) is 16.5 Å². The molecule has 4 N–H and O–H groups in total. The molecule has 0 atom stereocenters. The van der Waals surface area contributed by atoms with Gasteiger partial charge in [0.15, 0.2) is 0 Å². The molecule has 0 aliphatic carbocycles. The lowest BCUT2D eigenvalue weighted by Gasteiger charge is -2.26. The number of carbonyl (C=O) groups is 1. The fraction of sp³-hybridized carbons (Fsp3) is 0.355. The van der Waals surface area contributed by atoms with Gasteiger partial charge in [0.25, 0.3) is 0 Å². The zero-order chi connectivity index (χ0) is 27.7. The molecule has 9 nitrogen and oxygen atoms in total. The summed E-state index contributed by atoms with van der Waals surface area (Å²) in [4.78, 5) is 15.6. The van der Waals surface area contributed by atoms with Gasteiger partial charge in [-0.1, -0.05) is 49.7 Å². The number of hydrogen-bond acceptors (Lipinski definition) is 6. The number of aromatic nitrogens is 2. The van der Waals surface area contributed by atoms with Crippen LogP contribution in [-0.2, 0) is 17.7 Å². The highest BCUT2D eigenvalue weighted by Crippen LogP contribution is 2.32. The summed E-state index contributed by atoms with van der Waals surface area (Å²) in [6, 6.07) is 21.2. The average molecular weight is 543 g/mol. The van der Waals surface area contributed by atoms with Crippen molar-refractivity contribution >= 4 is 28.3 Å². The highest BCUT2D eigenvalue weighted by molar-refractivity contribution is 6.07. The number of ether oxygens (including phenoxy) is 2. The smallest absolute Gasteiger partial charge is 0.324 e. The van der Waals surface area contributed by atoms with E-state index >= 15 is 0 Å². The van der Waals surface area contributed by atoms with Gasteiger partial charge in [-0.25, -0.2) is 9.48 Å². The van der Waals surface area contributed by atoms with Crippen LogP contribution < -0.4 is 21.1 Å². The fourth-order valence-corrected chi connectivity index (χ4v) is 4.90. The van der Waals surface area contributed by atoms with Gasteiger partial charge in [-0.2, -0.15) is 5.10 Å². The third-order valence-corrected chi connectivity index (χ3v) is 7.08. The number of morpholine rings is 1. The highest BCUT2D eigenvalue weighted by Gasteiger charge is 2.15. The van der Waals surface area contributed by atoms with Gasteiger partial charge in [0.2, 0.25) is 0 Å². The number of anilines is 2. The predicted molar refractivity (Wildman–Crippen MR) is 159 cm³/mol. The SMILES string of the molecule is CCCCc1cc(NC(=O)Nc2ccc(OCCN3CCOCC3)c3ccccc23)n(-c2cccc(CN)c2)n1. The minimum absolute atomic E-state index is 0.343. The van der Waals surface area contributed by atoms with E-state index in [-0.39, 0.29) is 6.03 Å². The number of hydrogen-bond donors (Lipinski definition) is 3. The molecule has 0 spiro atoms. The summed E-state index contributed by atoms with van der Waals surface area (Å²) in [5.74, 6) is 1.40.